The van der Waals surface area contributed by atoms with Crippen LogP contribution in [0.3, 0.4) is 0 Å². The number of thiazole rings is 1. The fraction of sp³-hybridized carbons (Fsp3) is 0.333. The molecule has 4 N–H and O–H groups in total. The Balaban J connectivity index is 1.97. The highest BCUT2D eigenvalue weighted by Gasteiger charge is 2.31. The number of halogens is 3. The molecule has 1 aromatic heterocycles. The third-order valence-corrected chi connectivity index (χ3v) is 4.33. The van der Waals surface area contributed by atoms with Gasteiger partial charge in [0.2, 0.25) is 17.7 Å². The maximum atomic E-state index is 12.3. The third kappa shape index (κ3) is 6.35. The molecule has 28 heavy (non-hydrogen) atoms. The van der Waals surface area contributed by atoms with Gasteiger partial charge in [-0.1, -0.05) is 11.3 Å². The van der Waals surface area contributed by atoms with Crippen molar-refractivity contribution in [3.05, 3.63) is 18.2 Å². The molecule has 0 unspecified atom stereocenters. The fourth-order valence-corrected chi connectivity index (χ4v) is 2.98. The highest BCUT2D eigenvalue weighted by molar-refractivity contribution is 7.22. The zero-order valence-corrected chi connectivity index (χ0v) is 15.3. The van der Waals surface area contributed by atoms with Gasteiger partial charge >= 0.3 is 6.36 Å². The Kier molecular flexibility index (Phi) is 6.75. The molecule has 0 aliphatic carbocycles. The van der Waals surface area contributed by atoms with Crippen LogP contribution in [0.25, 0.3) is 10.2 Å². The van der Waals surface area contributed by atoms with Crippen LogP contribution in [-0.4, -0.2) is 55.7 Å². The number of carbonyl (C=O) groups is 3. The molecule has 0 fully saturated rings. The number of carbonyl (C=O) groups excluding carboxylic acids is 3. The maximum absolute atomic E-state index is 12.3. The van der Waals surface area contributed by atoms with Crippen LogP contribution < -0.4 is 26.0 Å². The van der Waals surface area contributed by atoms with Crippen molar-refractivity contribution in [2.45, 2.75) is 6.36 Å². The quantitative estimate of drug-likeness (QED) is 0.591. The number of benzene rings is 1. The fourth-order valence-electron chi connectivity index (χ4n) is 2.03. The number of ether oxygens (including phenoxy) is 1. The van der Waals surface area contributed by atoms with Gasteiger partial charge in [0.05, 0.1) is 29.9 Å². The molecule has 0 radical (unpaired) electrons. The van der Waals surface area contributed by atoms with E-state index < -0.39 is 30.6 Å². The number of fused-ring (bicyclic) bond motifs is 1. The number of amides is 3. The summed E-state index contributed by atoms with van der Waals surface area (Å²) in [6, 6.07) is 3.70. The van der Waals surface area contributed by atoms with Gasteiger partial charge in [-0.05, 0) is 12.1 Å². The molecule has 0 spiro atoms. The van der Waals surface area contributed by atoms with Crippen LogP contribution in [0.4, 0.5) is 18.3 Å². The van der Waals surface area contributed by atoms with Crippen LogP contribution in [0, 0.1) is 0 Å². The largest absolute Gasteiger partial charge is 0.573 e. The molecule has 2 aromatic rings. The number of alkyl halides is 3. The first-order valence-corrected chi connectivity index (χ1v) is 8.56. The lowest BCUT2D eigenvalue weighted by atomic mass is 10.3. The minimum absolute atomic E-state index is 0.234. The Morgan fingerprint density at radius 1 is 1.25 bits per heavy atom. The predicted molar refractivity (Wildman–Crippen MR) is 94.8 cm³/mol. The molecule has 1 heterocycles. The number of anilines is 1. The zero-order chi connectivity index (χ0) is 20.9. The summed E-state index contributed by atoms with van der Waals surface area (Å²) in [4.78, 5) is 40.1. The lowest BCUT2D eigenvalue weighted by molar-refractivity contribution is -0.274. The Hall–Kier alpha value is -2.93. The standard InChI is InChI=1S/C15H16F3N5O4S/c1-23(7-13(26)22-12(25)6-20-11(24)5-19)14-21-9-3-2-8(4-10(9)28-14)27-15(16,17)18/h2-4H,5-7,19H2,1H3,(H,20,24)(H,22,25,26). The van der Waals surface area contributed by atoms with Crippen molar-refractivity contribution in [2.24, 2.45) is 5.73 Å². The third-order valence-electron chi connectivity index (χ3n) is 3.20. The van der Waals surface area contributed by atoms with Gasteiger partial charge in [0.25, 0.3) is 0 Å². The molecule has 9 nitrogen and oxygen atoms in total. The van der Waals surface area contributed by atoms with E-state index in [2.05, 4.69) is 20.4 Å². The molecular weight excluding hydrogens is 403 g/mol. The number of aromatic nitrogens is 1. The van der Waals surface area contributed by atoms with E-state index in [1.807, 2.05) is 0 Å². The molecule has 13 heteroatoms. The van der Waals surface area contributed by atoms with Gasteiger partial charge in [0.1, 0.15) is 5.75 Å². The summed E-state index contributed by atoms with van der Waals surface area (Å²) >= 11 is 1.06. The normalized spacial score (nSPS) is 11.2. The van der Waals surface area contributed by atoms with Crippen molar-refractivity contribution in [3.8, 4) is 5.75 Å². The van der Waals surface area contributed by atoms with E-state index in [9.17, 15) is 27.6 Å². The van der Waals surface area contributed by atoms with E-state index >= 15 is 0 Å². The van der Waals surface area contributed by atoms with Crippen LogP contribution in [0.1, 0.15) is 0 Å². The van der Waals surface area contributed by atoms with Gasteiger partial charge in [-0.25, -0.2) is 4.98 Å². The molecule has 0 bridgehead atoms. The Labute approximate surface area is 160 Å². The van der Waals surface area contributed by atoms with Gasteiger partial charge < -0.3 is 20.7 Å². The van der Waals surface area contributed by atoms with E-state index in [0.29, 0.717) is 15.3 Å². The van der Waals surface area contributed by atoms with Gasteiger partial charge in [0.15, 0.2) is 5.13 Å². The van der Waals surface area contributed by atoms with Crippen LogP contribution in [-0.2, 0) is 14.4 Å². The van der Waals surface area contributed by atoms with Gasteiger partial charge in [-0.15, -0.1) is 13.2 Å². The topological polar surface area (TPSA) is 127 Å². The average Bonchev–Trinajstić information content (AvgIpc) is 3.01. The summed E-state index contributed by atoms with van der Waals surface area (Å²) in [5.41, 5.74) is 5.51. The van der Waals surface area contributed by atoms with E-state index in [1.54, 1.807) is 0 Å². The van der Waals surface area contributed by atoms with Crippen molar-refractivity contribution in [3.63, 3.8) is 0 Å². The molecule has 0 atom stereocenters. The van der Waals surface area contributed by atoms with E-state index in [-0.39, 0.29) is 18.8 Å². The average molecular weight is 419 g/mol. The molecule has 152 valence electrons. The molecule has 0 saturated carbocycles. The Morgan fingerprint density at radius 3 is 2.61 bits per heavy atom. The highest BCUT2D eigenvalue weighted by atomic mass is 32.1. The first-order chi connectivity index (χ1) is 13.1. The molecule has 3 amide bonds. The summed E-state index contributed by atoms with van der Waals surface area (Å²) < 4.78 is 41.2. The number of nitrogens with one attached hydrogen (secondary N) is 2. The van der Waals surface area contributed by atoms with Crippen molar-refractivity contribution >= 4 is 44.4 Å². The summed E-state index contributed by atoms with van der Waals surface area (Å²) in [7, 11) is 1.53. The lowest BCUT2D eigenvalue weighted by Crippen LogP contribution is -2.44. The summed E-state index contributed by atoms with van der Waals surface area (Å²) in [5.74, 6) is -2.27. The smallest absolute Gasteiger partial charge is 0.406 e. The second-order valence-electron chi connectivity index (χ2n) is 5.48. The molecule has 0 saturated heterocycles. The first kappa shape index (κ1) is 21.4. The first-order valence-electron chi connectivity index (χ1n) is 7.74. The van der Waals surface area contributed by atoms with Gasteiger partial charge in [-0.2, -0.15) is 0 Å². The van der Waals surface area contributed by atoms with Crippen molar-refractivity contribution in [1.82, 2.24) is 15.6 Å². The van der Waals surface area contributed by atoms with Gasteiger partial charge in [-0.3, -0.25) is 19.7 Å². The van der Waals surface area contributed by atoms with Gasteiger partial charge in [0, 0.05) is 13.1 Å². The SMILES string of the molecule is CN(CC(=O)NC(=O)CNC(=O)CN)c1nc2ccc(OC(F)(F)F)cc2s1. The Morgan fingerprint density at radius 2 is 1.96 bits per heavy atom. The lowest BCUT2D eigenvalue weighted by Gasteiger charge is -2.14. The molecule has 0 aliphatic rings. The van der Waals surface area contributed by atoms with E-state index in [4.69, 9.17) is 5.73 Å². The van der Waals surface area contributed by atoms with E-state index in [1.165, 1.54) is 24.1 Å². The van der Waals surface area contributed by atoms with Crippen LogP contribution in [0.15, 0.2) is 18.2 Å². The number of nitrogens with zero attached hydrogens (tertiary/aromatic N) is 2. The summed E-state index contributed by atoms with van der Waals surface area (Å²) in [6.45, 7) is -0.909. The number of nitrogens with two attached hydrogens (primary N) is 1. The van der Waals surface area contributed by atoms with Crippen LogP contribution in [0.5, 0.6) is 5.75 Å². The van der Waals surface area contributed by atoms with Crippen molar-refractivity contribution in [2.75, 3.05) is 31.6 Å². The summed E-state index contributed by atoms with van der Waals surface area (Å²) in [5, 5.41) is 4.66. The van der Waals surface area contributed by atoms with Crippen molar-refractivity contribution < 1.29 is 32.3 Å². The van der Waals surface area contributed by atoms with Crippen molar-refractivity contribution in [1.29, 1.82) is 0 Å². The molecule has 2 rings (SSSR count). The molecular formula is C15H16F3N5O4S. The second kappa shape index (κ2) is 8.84. The number of imide groups is 1. The highest BCUT2D eigenvalue weighted by Crippen LogP contribution is 2.32. The Bertz CT molecular complexity index is 886. The number of hydrogen-bond donors (Lipinski definition) is 3. The monoisotopic (exact) mass is 419 g/mol. The molecule has 0 aliphatic heterocycles. The summed E-state index contributed by atoms with van der Waals surface area (Å²) in [6.07, 6.45) is -4.80. The minimum atomic E-state index is -4.80. The number of likely N-dealkylation sites (N-methyl/N-ethyl adjacent to an activating group) is 1. The number of rotatable bonds is 7. The second-order valence-corrected chi connectivity index (χ2v) is 6.49. The molecule has 1 aromatic carbocycles. The minimum Gasteiger partial charge on any atom is -0.406 e. The van der Waals surface area contributed by atoms with Crippen LogP contribution >= 0.6 is 11.3 Å². The number of hydrogen-bond acceptors (Lipinski definition) is 8. The van der Waals surface area contributed by atoms with Crippen LogP contribution in [0.2, 0.25) is 0 Å². The predicted octanol–water partition coefficient (Wildman–Crippen LogP) is 0.349. The zero-order valence-electron chi connectivity index (χ0n) is 14.5. The van der Waals surface area contributed by atoms with E-state index in [0.717, 1.165) is 17.4 Å². The maximum Gasteiger partial charge on any atom is 0.573 e.